The molecule has 1 aromatic carbocycles. The Morgan fingerprint density at radius 1 is 1.60 bits per heavy atom. The zero-order valence-corrected chi connectivity index (χ0v) is 10.9. The Bertz CT molecular complexity index is 666. The molecule has 7 nitrogen and oxygen atoms in total. The van der Waals surface area contributed by atoms with Crippen LogP contribution in [0.4, 0.5) is 4.79 Å². The number of amides is 2. The van der Waals surface area contributed by atoms with E-state index in [0.717, 1.165) is 11.0 Å². The van der Waals surface area contributed by atoms with Gasteiger partial charge in [0, 0.05) is 12.6 Å². The third kappa shape index (κ3) is 2.29. The van der Waals surface area contributed by atoms with Gasteiger partial charge in [-0.2, -0.15) is 0 Å². The molecular formula is C13H14N4O3. The Kier molecular flexibility index (Phi) is 3.02. The topological polar surface area (TPSA) is 87.3 Å². The highest BCUT2D eigenvalue weighted by Crippen LogP contribution is 2.12. The van der Waals surface area contributed by atoms with E-state index >= 15 is 0 Å². The van der Waals surface area contributed by atoms with Gasteiger partial charge in [-0.3, -0.25) is 4.79 Å². The standard InChI is InChI=1S/C13H14N4O3/c1-17-6-9(20-13(17)19)5-14-12(18)8-2-3-10-11(4-8)16-7-15-10/h2-4,7,9H,5-6H2,1H3,(H,14,18)(H,15,16). The second-order valence-corrected chi connectivity index (χ2v) is 4.73. The van der Waals surface area contributed by atoms with Gasteiger partial charge in [-0.25, -0.2) is 9.78 Å². The molecule has 2 heterocycles. The number of H-pyrrole nitrogens is 1. The number of rotatable bonds is 3. The number of hydrogen-bond donors (Lipinski definition) is 2. The van der Waals surface area contributed by atoms with Crippen LogP contribution in [-0.2, 0) is 4.74 Å². The SMILES string of the molecule is CN1CC(CNC(=O)c2ccc3nc[nH]c3c2)OC1=O. The molecule has 0 bridgehead atoms. The summed E-state index contributed by atoms with van der Waals surface area (Å²) in [6.07, 6.45) is 0.927. The maximum absolute atomic E-state index is 12.0. The first-order valence-electron chi connectivity index (χ1n) is 6.26. The fraction of sp³-hybridized carbons (Fsp3) is 0.308. The van der Waals surface area contributed by atoms with Crippen LogP contribution in [0.5, 0.6) is 0 Å². The fourth-order valence-electron chi connectivity index (χ4n) is 2.14. The summed E-state index contributed by atoms with van der Waals surface area (Å²) in [7, 11) is 1.66. The van der Waals surface area contributed by atoms with Crippen molar-refractivity contribution in [2.75, 3.05) is 20.1 Å². The lowest BCUT2D eigenvalue weighted by molar-refractivity contribution is 0.0915. The van der Waals surface area contributed by atoms with E-state index in [1.807, 2.05) is 0 Å². The highest BCUT2D eigenvalue weighted by atomic mass is 16.6. The molecule has 2 aromatic rings. The Morgan fingerprint density at radius 2 is 2.45 bits per heavy atom. The molecule has 2 amide bonds. The Balaban J connectivity index is 1.63. The summed E-state index contributed by atoms with van der Waals surface area (Å²) in [6.45, 7) is 0.786. The number of likely N-dealkylation sites (N-methyl/N-ethyl adjacent to an activating group) is 1. The van der Waals surface area contributed by atoms with Crippen molar-refractivity contribution in [3.8, 4) is 0 Å². The van der Waals surface area contributed by atoms with Crippen LogP contribution in [0.1, 0.15) is 10.4 Å². The first-order valence-corrected chi connectivity index (χ1v) is 6.26. The minimum Gasteiger partial charge on any atom is -0.442 e. The first-order chi connectivity index (χ1) is 9.63. The molecule has 0 radical (unpaired) electrons. The number of aromatic amines is 1. The van der Waals surface area contributed by atoms with Crippen molar-refractivity contribution in [3.63, 3.8) is 0 Å². The number of imidazole rings is 1. The van der Waals surface area contributed by atoms with Gasteiger partial charge in [-0.05, 0) is 18.2 Å². The summed E-state index contributed by atoms with van der Waals surface area (Å²) >= 11 is 0. The minimum absolute atomic E-state index is 0.202. The molecule has 7 heteroatoms. The van der Waals surface area contributed by atoms with Gasteiger partial charge in [0.25, 0.3) is 5.91 Å². The lowest BCUT2D eigenvalue weighted by atomic mass is 10.2. The number of cyclic esters (lactones) is 1. The summed E-state index contributed by atoms with van der Waals surface area (Å²) < 4.78 is 5.07. The van der Waals surface area contributed by atoms with Gasteiger partial charge in [-0.15, -0.1) is 0 Å². The largest absolute Gasteiger partial charge is 0.442 e. The quantitative estimate of drug-likeness (QED) is 0.864. The number of fused-ring (bicyclic) bond motifs is 1. The smallest absolute Gasteiger partial charge is 0.410 e. The number of carbonyl (C=O) groups is 2. The zero-order valence-electron chi connectivity index (χ0n) is 10.9. The second kappa shape index (κ2) is 4.84. The normalized spacial score (nSPS) is 18.4. The highest BCUT2D eigenvalue weighted by molar-refractivity contribution is 5.97. The lowest BCUT2D eigenvalue weighted by Gasteiger charge is -2.09. The van der Waals surface area contributed by atoms with E-state index < -0.39 is 0 Å². The zero-order chi connectivity index (χ0) is 14.1. The molecule has 3 rings (SSSR count). The van der Waals surface area contributed by atoms with Crippen molar-refractivity contribution >= 4 is 23.0 Å². The number of nitrogens with one attached hydrogen (secondary N) is 2. The maximum Gasteiger partial charge on any atom is 0.410 e. The molecule has 2 N–H and O–H groups in total. The average molecular weight is 274 g/mol. The molecule has 0 spiro atoms. The lowest BCUT2D eigenvalue weighted by Crippen LogP contribution is -2.34. The van der Waals surface area contributed by atoms with E-state index in [1.165, 1.54) is 4.90 Å². The summed E-state index contributed by atoms with van der Waals surface area (Å²) in [5, 5.41) is 2.76. The summed E-state index contributed by atoms with van der Waals surface area (Å²) in [5.41, 5.74) is 2.16. The van der Waals surface area contributed by atoms with Crippen LogP contribution in [0.3, 0.4) is 0 Å². The van der Waals surface area contributed by atoms with Crippen molar-refractivity contribution in [2.45, 2.75) is 6.10 Å². The third-order valence-corrected chi connectivity index (χ3v) is 3.23. The summed E-state index contributed by atoms with van der Waals surface area (Å²) in [5.74, 6) is -0.202. The Hall–Kier alpha value is -2.57. The molecule has 104 valence electrons. The van der Waals surface area contributed by atoms with Gasteiger partial charge in [0.1, 0.15) is 6.10 Å². The van der Waals surface area contributed by atoms with Crippen LogP contribution in [-0.4, -0.2) is 53.1 Å². The van der Waals surface area contributed by atoms with Crippen LogP contribution in [0.15, 0.2) is 24.5 Å². The molecule has 1 aliphatic rings. The summed E-state index contributed by atoms with van der Waals surface area (Å²) in [6, 6.07) is 5.24. The van der Waals surface area contributed by atoms with Crippen LogP contribution >= 0.6 is 0 Å². The van der Waals surface area contributed by atoms with Crippen LogP contribution in [0.25, 0.3) is 11.0 Å². The fourth-order valence-corrected chi connectivity index (χ4v) is 2.14. The molecule has 1 aromatic heterocycles. The van der Waals surface area contributed by atoms with Gasteiger partial charge in [0.05, 0.1) is 30.5 Å². The van der Waals surface area contributed by atoms with Gasteiger partial charge in [-0.1, -0.05) is 0 Å². The predicted octanol–water partition coefficient (Wildman–Crippen LogP) is 0.743. The number of hydrogen-bond acceptors (Lipinski definition) is 4. The van der Waals surface area contributed by atoms with Crippen LogP contribution < -0.4 is 5.32 Å². The van der Waals surface area contributed by atoms with E-state index in [0.29, 0.717) is 18.7 Å². The average Bonchev–Trinajstić information content (AvgIpc) is 3.02. The van der Waals surface area contributed by atoms with E-state index in [2.05, 4.69) is 15.3 Å². The Labute approximate surface area is 114 Å². The van der Waals surface area contributed by atoms with Crippen molar-refractivity contribution in [1.29, 1.82) is 0 Å². The third-order valence-electron chi connectivity index (χ3n) is 3.23. The van der Waals surface area contributed by atoms with Gasteiger partial charge in [0.2, 0.25) is 0 Å². The molecular weight excluding hydrogens is 260 g/mol. The van der Waals surface area contributed by atoms with E-state index in [9.17, 15) is 9.59 Å². The second-order valence-electron chi connectivity index (χ2n) is 4.73. The van der Waals surface area contributed by atoms with Crippen molar-refractivity contribution in [2.24, 2.45) is 0 Å². The molecule has 0 aliphatic carbocycles. The monoisotopic (exact) mass is 274 g/mol. The van der Waals surface area contributed by atoms with E-state index in [1.54, 1.807) is 31.6 Å². The number of ether oxygens (including phenoxy) is 1. The molecule has 1 unspecified atom stereocenters. The van der Waals surface area contributed by atoms with Crippen molar-refractivity contribution in [1.82, 2.24) is 20.2 Å². The maximum atomic E-state index is 12.0. The number of carbonyl (C=O) groups excluding carboxylic acids is 2. The molecule has 1 saturated heterocycles. The Morgan fingerprint density at radius 3 is 3.20 bits per heavy atom. The predicted molar refractivity (Wildman–Crippen MR) is 71.3 cm³/mol. The molecule has 0 saturated carbocycles. The van der Waals surface area contributed by atoms with Crippen molar-refractivity contribution in [3.05, 3.63) is 30.1 Å². The molecule has 1 fully saturated rings. The minimum atomic E-state index is -0.358. The number of nitrogens with zero attached hydrogens (tertiary/aromatic N) is 2. The van der Waals surface area contributed by atoms with Crippen LogP contribution in [0.2, 0.25) is 0 Å². The number of benzene rings is 1. The van der Waals surface area contributed by atoms with E-state index in [4.69, 9.17) is 4.74 Å². The molecule has 20 heavy (non-hydrogen) atoms. The van der Waals surface area contributed by atoms with Crippen molar-refractivity contribution < 1.29 is 14.3 Å². The highest BCUT2D eigenvalue weighted by Gasteiger charge is 2.28. The first kappa shape index (κ1) is 12.5. The molecule has 1 atom stereocenters. The van der Waals surface area contributed by atoms with Gasteiger partial charge >= 0.3 is 6.09 Å². The van der Waals surface area contributed by atoms with E-state index in [-0.39, 0.29) is 18.1 Å². The summed E-state index contributed by atoms with van der Waals surface area (Å²) in [4.78, 5) is 31.8. The number of aromatic nitrogens is 2. The van der Waals surface area contributed by atoms with Gasteiger partial charge in [0.15, 0.2) is 0 Å². The van der Waals surface area contributed by atoms with Crippen LogP contribution in [0, 0.1) is 0 Å². The molecule has 1 aliphatic heterocycles. The van der Waals surface area contributed by atoms with Gasteiger partial charge < -0.3 is 19.9 Å².